The van der Waals surface area contributed by atoms with Crippen molar-refractivity contribution in [2.45, 2.75) is 39.5 Å². The summed E-state index contributed by atoms with van der Waals surface area (Å²) in [4.78, 5) is 4.37. The van der Waals surface area contributed by atoms with Crippen molar-refractivity contribution >= 4 is 5.82 Å². The summed E-state index contributed by atoms with van der Waals surface area (Å²) in [5, 5.41) is 3.46. The molecule has 1 aromatic rings. The third kappa shape index (κ3) is 3.37. The number of pyridine rings is 1. The van der Waals surface area contributed by atoms with Gasteiger partial charge in [-0.05, 0) is 37.3 Å². The fourth-order valence-electron chi connectivity index (χ4n) is 2.72. The van der Waals surface area contributed by atoms with Gasteiger partial charge in [0.2, 0.25) is 0 Å². The molecule has 1 aliphatic rings. The Morgan fingerprint density at radius 1 is 1.39 bits per heavy atom. The maximum atomic E-state index is 5.58. The Balaban J connectivity index is 1.92. The molecule has 3 nitrogen and oxygen atoms in total. The van der Waals surface area contributed by atoms with Gasteiger partial charge in [0, 0.05) is 12.7 Å². The van der Waals surface area contributed by atoms with Crippen molar-refractivity contribution in [1.82, 2.24) is 4.98 Å². The quantitative estimate of drug-likeness (QED) is 0.862. The topological polar surface area (TPSA) is 34.1 Å². The summed E-state index contributed by atoms with van der Waals surface area (Å²) in [5.74, 6) is 3.35. The van der Waals surface area contributed by atoms with Crippen molar-refractivity contribution in [3.8, 4) is 5.75 Å². The summed E-state index contributed by atoms with van der Waals surface area (Å²) < 4.78 is 5.58. The van der Waals surface area contributed by atoms with Crippen LogP contribution in [0.5, 0.6) is 5.75 Å². The first-order chi connectivity index (χ1) is 8.81. The van der Waals surface area contributed by atoms with Gasteiger partial charge in [0.25, 0.3) is 0 Å². The van der Waals surface area contributed by atoms with E-state index < -0.39 is 0 Å². The summed E-state index contributed by atoms with van der Waals surface area (Å²) in [6, 6.07) is 3.89. The first kappa shape index (κ1) is 13.2. The van der Waals surface area contributed by atoms with Gasteiger partial charge in [0.05, 0.1) is 6.61 Å². The predicted molar refractivity (Wildman–Crippen MR) is 75.0 cm³/mol. The van der Waals surface area contributed by atoms with Gasteiger partial charge in [-0.3, -0.25) is 0 Å². The second kappa shape index (κ2) is 6.62. The van der Waals surface area contributed by atoms with Crippen molar-refractivity contribution in [2.75, 3.05) is 18.5 Å². The number of aromatic nitrogens is 1. The molecule has 0 amide bonds. The fourth-order valence-corrected chi connectivity index (χ4v) is 2.72. The molecular weight excluding hydrogens is 224 g/mol. The lowest BCUT2D eigenvalue weighted by molar-refractivity contribution is 0.268. The molecule has 0 aliphatic heterocycles. The fraction of sp³-hybridized carbons (Fsp3) is 0.667. The molecule has 2 atom stereocenters. The van der Waals surface area contributed by atoms with Gasteiger partial charge in [-0.25, -0.2) is 4.98 Å². The highest BCUT2D eigenvalue weighted by Crippen LogP contribution is 2.30. The summed E-state index contributed by atoms with van der Waals surface area (Å²) in [7, 11) is 0. The van der Waals surface area contributed by atoms with E-state index in [2.05, 4.69) is 17.2 Å². The Morgan fingerprint density at radius 3 is 3.00 bits per heavy atom. The second-order valence-corrected chi connectivity index (χ2v) is 5.19. The summed E-state index contributed by atoms with van der Waals surface area (Å²) >= 11 is 0. The zero-order valence-corrected chi connectivity index (χ0v) is 11.5. The van der Waals surface area contributed by atoms with E-state index in [1.807, 2.05) is 25.3 Å². The number of rotatable bonds is 5. The Labute approximate surface area is 110 Å². The van der Waals surface area contributed by atoms with Crippen LogP contribution in [0.4, 0.5) is 5.82 Å². The van der Waals surface area contributed by atoms with Crippen LogP contribution in [-0.2, 0) is 0 Å². The third-order valence-corrected chi connectivity index (χ3v) is 3.89. The molecular formula is C15H24N2O. The third-order valence-electron chi connectivity index (χ3n) is 3.89. The molecule has 1 saturated carbocycles. The van der Waals surface area contributed by atoms with Crippen molar-refractivity contribution in [3.05, 3.63) is 18.3 Å². The van der Waals surface area contributed by atoms with Crippen LogP contribution < -0.4 is 10.1 Å². The van der Waals surface area contributed by atoms with Crippen molar-refractivity contribution in [2.24, 2.45) is 11.8 Å². The number of nitrogens with zero attached hydrogens (tertiary/aromatic N) is 1. The van der Waals surface area contributed by atoms with Gasteiger partial charge in [0.1, 0.15) is 0 Å². The molecule has 2 unspecified atom stereocenters. The first-order valence-corrected chi connectivity index (χ1v) is 7.13. The van der Waals surface area contributed by atoms with E-state index >= 15 is 0 Å². The van der Waals surface area contributed by atoms with Crippen molar-refractivity contribution in [1.29, 1.82) is 0 Å². The highest BCUT2D eigenvalue weighted by atomic mass is 16.5. The van der Waals surface area contributed by atoms with Gasteiger partial charge in [-0.1, -0.05) is 26.2 Å². The molecule has 2 rings (SSSR count). The molecule has 0 radical (unpaired) electrons. The SMILES string of the molecule is CCOc1cccnc1NCC1CCCCC1C. The van der Waals surface area contributed by atoms with Crippen molar-refractivity contribution in [3.63, 3.8) is 0 Å². The smallest absolute Gasteiger partial charge is 0.168 e. The number of hydrogen-bond donors (Lipinski definition) is 1. The van der Waals surface area contributed by atoms with Gasteiger partial charge < -0.3 is 10.1 Å². The lowest BCUT2D eigenvalue weighted by Gasteiger charge is -2.29. The first-order valence-electron chi connectivity index (χ1n) is 7.13. The molecule has 18 heavy (non-hydrogen) atoms. The van der Waals surface area contributed by atoms with Crippen LogP contribution in [0.15, 0.2) is 18.3 Å². The van der Waals surface area contributed by atoms with E-state index in [9.17, 15) is 0 Å². The highest BCUT2D eigenvalue weighted by molar-refractivity contribution is 5.49. The van der Waals surface area contributed by atoms with Crippen LogP contribution in [0.3, 0.4) is 0 Å². The van der Waals surface area contributed by atoms with Crippen LogP contribution in [0.2, 0.25) is 0 Å². The van der Waals surface area contributed by atoms with Gasteiger partial charge in [-0.2, -0.15) is 0 Å². The molecule has 1 aromatic heterocycles. The van der Waals surface area contributed by atoms with Gasteiger partial charge in [-0.15, -0.1) is 0 Å². The van der Waals surface area contributed by atoms with E-state index in [0.717, 1.165) is 29.9 Å². The van der Waals surface area contributed by atoms with E-state index in [-0.39, 0.29) is 0 Å². The minimum atomic E-state index is 0.681. The minimum absolute atomic E-state index is 0.681. The standard InChI is InChI=1S/C15H24N2O/c1-3-18-14-9-6-10-16-15(14)17-11-13-8-5-4-7-12(13)2/h6,9-10,12-13H,3-5,7-8,11H2,1-2H3,(H,16,17). The lowest BCUT2D eigenvalue weighted by Crippen LogP contribution is -2.24. The zero-order valence-electron chi connectivity index (χ0n) is 11.5. The molecule has 100 valence electrons. The van der Waals surface area contributed by atoms with E-state index in [1.165, 1.54) is 25.7 Å². The predicted octanol–water partition coefficient (Wildman–Crippen LogP) is 3.72. The Bertz CT molecular complexity index is 367. The van der Waals surface area contributed by atoms with Crippen molar-refractivity contribution < 1.29 is 4.74 Å². The monoisotopic (exact) mass is 248 g/mol. The Morgan fingerprint density at radius 2 is 2.22 bits per heavy atom. The number of hydrogen-bond acceptors (Lipinski definition) is 3. The normalized spacial score (nSPS) is 23.7. The summed E-state index contributed by atoms with van der Waals surface area (Å²) in [6.07, 6.45) is 7.29. The molecule has 1 N–H and O–H groups in total. The van der Waals surface area contributed by atoms with Gasteiger partial charge >= 0.3 is 0 Å². The van der Waals surface area contributed by atoms with E-state index in [4.69, 9.17) is 4.74 Å². The van der Waals surface area contributed by atoms with Crippen LogP contribution in [0.25, 0.3) is 0 Å². The Kier molecular flexibility index (Phi) is 4.85. The lowest BCUT2D eigenvalue weighted by atomic mass is 9.80. The Hall–Kier alpha value is -1.25. The maximum Gasteiger partial charge on any atom is 0.168 e. The largest absolute Gasteiger partial charge is 0.490 e. The van der Waals surface area contributed by atoms with Crippen LogP contribution in [0.1, 0.15) is 39.5 Å². The number of anilines is 1. The van der Waals surface area contributed by atoms with Crippen LogP contribution >= 0.6 is 0 Å². The average Bonchev–Trinajstić information content (AvgIpc) is 2.40. The maximum absolute atomic E-state index is 5.58. The van der Waals surface area contributed by atoms with Gasteiger partial charge in [0.15, 0.2) is 11.6 Å². The molecule has 3 heteroatoms. The summed E-state index contributed by atoms with van der Waals surface area (Å²) in [5.41, 5.74) is 0. The number of nitrogens with one attached hydrogen (secondary N) is 1. The molecule has 0 aromatic carbocycles. The minimum Gasteiger partial charge on any atom is -0.490 e. The second-order valence-electron chi connectivity index (χ2n) is 5.19. The van der Waals surface area contributed by atoms with Crippen LogP contribution in [0, 0.1) is 11.8 Å². The van der Waals surface area contributed by atoms with E-state index in [0.29, 0.717) is 6.61 Å². The molecule has 0 spiro atoms. The molecule has 0 saturated heterocycles. The zero-order chi connectivity index (χ0) is 12.8. The van der Waals surface area contributed by atoms with Crippen LogP contribution in [-0.4, -0.2) is 18.1 Å². The molecule has 1 fully saturated rings. The average molecular weight is 248 g/mol. The molecule has 0 bridgehead atoms. The molecule has 1 aliphatic carbocycles. The molecule has 1 heterocycles. The summed E-state index contributed by atoms with van der Waals surface area (Å²) in [6.45, 7) is 6.06. The number of ether oxygens (including phenoxy) is 1. The van der Waals surface area contributed by atoms with E-state index in [1.54, 1.807) is 0 Å². The highest BCUT2D eigenvalue weighted by Gasteiger charge is 2.21.